The first kappa shape index (κ1) is 19.4. The lowest BCUT2D eigenvalue weighted by Crippen LogP contribution is -2.29. The zero-order chi connectivity index (χ0) is 20.2. The molecule has 2 aromatic heterocycles. The average Bonchev–Trinajstić information content (AvgIpc) is 2.76. The summed E-state index contributed by atoms with van der Waals surface area (Å²) < 4.78 is 6.06. The van der Waals surface area contributed by atoms with Crippen molar-refractivity contribution in [1.82, 2.24) is 14.9 Å². The predicted molar refractivity (Wildman–Crippen MR) is 118 cm³/mol. The molecule has 0 atom stereocenters. The molecule has 0 radical (unpaired) electrons. The number of anilines is 1. The van der Waals surface area contributed by atoms with Gasteiger partial charge in [-0.15, -0.1) is 0 Å². The van der Waals surface area contributed by atoms with E-state index < -0.39 is 0 Å². The number of likely N-dealkylation sites (tertiary alicyclic amines) is 1. The van der Waals surface area contributed by atoms with Gasteiger partial charge < -0.3 is 15.0 Å². The Bertz CT molecular complexity index is 963. The average molecular weight is 389 g/mol. The lowest BCUT2D eigenvalue weighted by molar-refractivity contribution is 0.255. The van der Waals surface area contributed by atoms with Crippen LogP contribution in [0.25, 0.3) is 11.3 Å². The molecule has 0 saturated carbocycles. The molecule has 0 spiro atoms. The summed E-state index contributed by atoms with van der Waals surface area (Å²) in [5.41, 5.74) is 4.29. The molecule has 150 valence electrons. The molecular formula is C24H28N4O. The first-order valence-corrected chi connectivity index (χ1v) is 10.2. The Morgan fingerprint density at radius 3 is 2.48 bits per heavy atom. The number of hydrogen-bond acceptors (Lipinski definition) is 5. The van der Waals surface area contributed by atoms with Crippen LogP contribution in [0.3, 0.4) is 0 Å². The Morgan fingerprint density at radius 1 is 1.03 bits per heavy atom. The van der Waals surface area contributed by atoms with E-state index in [0.717, 1.165) is 34.3 Å². The van der Waals surface area contributed by atoms with Gasteiger partial charge in [0, 0.05) is 24.9 Å². The van der Waals surface area contributed by atoms with Gasteiger partial charge in [-0.05, 0) is 69.6 Å². The Kier molecular flexibility index (Phi) is 5.76. The third-order valence-electron chi connectivity index (χ3n) is 5.65. The van der Waals surface area contributed by atoms with E-state index in [9.17, 15) is 0 Å². The Hall–Kier alpha value is -2.92. The molecule has 4 rings (SSSR count). The highest BCUT2D eigenvalue weighted by Gasteiger charge is 2.18. The Balaban J connectivity index is 1.50. The monoisotopic (exact) mass is 388 g/mol. The molecule has 1 N–H and O–H groups in total. The molecule has 1 aromatic carbocycles. The van der Waals surface area contributed by atoms with E-state index in [4.69, 9.17) is 4.74 Å². The number of nitrogens with one attached hydrogen (secondary N) is 1. The second-order valence-corrected chi connectivity index (χ2v) is 7.71. The van der Waals surface area contributed by atoms with Gasteiger partial charge in [-0.25, -0.2) is 4.98 Å². The van der Waals surface area contributed by atoms with Crippen molar-refractivity contribution < 1.29 is 4.74 Å². The lowest BCUT2D eigenvalue weighted by Gasteiger charge is -2.29. The Labute approximate surface area is 172 Å². The second kappa shape index (κ2) is 8.62. The summed E-state index contributed by atoms with van der Waals surface area (Å²) in [5, 5.41) is 3.04. The van der Waals surface area contributed by atoms with Crippen LogP contribution in [0.4, 0.5) is 5.82 Å². The molecule has 0 aliphatic carbocycles. The number of nitrogens with zero attached hydrogens (tertiary/aromatic N) is 3. The van der Waals surface area contributed by atoms with E-state index in [2.05, 4.69) is 51.5 Å². The van der Waals surface area contributed by atoms with Gasteiger partial charge in [-0.3, -0.25) is 4.98 Å². The number of ether oxygens (including phenoxy) is 1. The minimum Gasteiger partial charge on any atom is -0.455 e. The normalized spacial score (nSPS) is 15.3. The summed E-state index contributed by atoms with van der Waals surface area (Å²) in [6.45, 7) is 4.30. The first-order valence-electron chi connectivity index (χ1n) is 10.2. The largest absolute Gasteiger partial charge is 0.455 e. The number of pyridine rings is 2. The van der Waals surface area contributed by atoms with Gasteiger partial charge >= 0.3 is 0 Å². The molecule has 3 aromatic rings. The Morgan fingerprint density at radius 2 is 1.79 bits per heavy atom. The summed E-state index contributed by atoms with van der Waals surface area (Å²) in [6.07, 6.45) is 4.26. The van der Waals surface area contributed by atoms with Gasteiger partial charge in [0.1, 0.15) is 17.3 Å². The third kappa shape index (κ3) is 4.57. The number of hydrogen-bond donors (Lipinski definition) is 1. The van der Waals surface area contributed by atoms with Crippen molar-refractivity contribution in [1.29, 1.82) is 0 Å². The molecule has 1 aliphatic rings. The maximum absolute atomic E-state index is 6.06. The maximum Gasteiger partial charge on any atom is 0.148 e. The number of piperidine rings is 1. The van der Waals surface area contributed by atoms with Gasteiger partial charge in [0.05, 0.1) is 11.4 Å². The highest BCUT2D eigenvalue weighted by atomic mass is 16.5. The SMILES string of the molecule is CNc1ccc(Oc2ccnc(-c3ccc(C4CCN(C)CC4)cc3)c2)c(C)n1. The summed E-state index contributed by atoms with van der Waals surface area (Å²) >= 11 is 0. The van der Waals surface area contributed by atoms with Crippen molar-refractivity contribution in [3.8, 4) is 22.8 Å². The number of benzene rings is 1. The van der Waals surface area contributed by atoms with Crippen LogP contribution in [0, 0.1) is 6.92 Å². The number of rotatable bonds is 5. The quantitative estimate of drug-likeness (QED) is 0.659. The summed E-state index contributed by atoms with van der Waals surface area (Å²) in [4.78, 5) is 11.4. The standard InChI is InChI=1S/C24H28N4O/c1-17-23(8-9-24(25-2)27-17)29-21-10-13-26-22(16-21)20-6-4-18(5-7-20)19-11-14-28(3)15-12-19/h4-10,13,16,19H,11-12,14-15H2,1-3H3,(H,25,27). The van der Waals surface area contributed by atoms with Gasteiger partial charge in [0.25, 0.3) is 0 Å². The first-order chi connectivity index (χ1) is 14.1. The van der Waals surface area contributed by atoms with Crippen molar-refractivity contribution in [3.63, 3.8) is 0 Å². The van der Waals surface area contributed by atoms with Crippen molar-refractivity contribution in [2.24, 2.45) is 0 Å². The van der Waals surface area contributed by atoms with Crippen LogP contribution >= 0.6 is 0 Å². The zero-order valence-corrected chi connectivity index (χ0v) is 17.4. The molecule has 0 unspecified atom stereocenters. The van der Waals surface area contributed by atoms with Crippen LogP contribution in [0.15, 0.2) is 54.7 Å². The molecule has 0 bridgehead atoms. The molecule has 1 saturated heterocycles. The smallest absolute Gasteiger partial charge is 0.148 e. The van der Waals surface area contributed by atoms with E-state index in [1.807, 2.05) is 38.2 Å². The van der Waals surface area contributed by atoms with Gasteiger partial charge in [-0.2, -0.15) is 0 Å². The van der Waals surface area contributed by atoms with Gasteiger partial charge in [0.15, 0.2) is 0 Å². The van der Waals surface area contributed by atoms with Crippen molar-refractivity contribution in [3.05, 3.63) is 66.0 Å². The summed E-state index contributed by atoms with van der Waals surface area (Å²) in [7, 11) is 4.06. The van der Waals surface area contributed by atoms with E-state index in [1.54, 1.807) is 6.20 Å². The number of aromatic nitrogens is 2. The van der Waals surface area contributed by atoms with E-state index in [-0.39, 0.29) is 0 Å². The van der Waals surface area contributed by atoms with Crippen LogP contribution in [0.5, 0.6) is 11.5 Å². The second-order valence-electron chi connectivity index (χ2n) is 7.71. The minimum absolute atomic E-state index is 0.666. The summed E-state index contributed by atoms with van der Waals surface area (Å²) in [6, 6.07) is 16.6. The fourth-order valence-corrected chi connectivity index (χ4v) is 3.82. The van der Waals surface area contributed by atoms with Crippen LogP contribution in [-0.2, 0) is 0 Å². The number of aryl methyl sites for hydroxylation is 1. The molecule has 5 heteroatoms. The highest BCUT2D eigenvalue weighted by molar-refractivity contribution is 5.61. The predicted octanol–water partition coefficient (Wildman–Crippen LogP) is 5.10. The van der Waals surface area contributed by atoms with Crippen molar-refractivity contribution >= 4 is 5.82 Å². The molecule has 3 heterocycles. The molecule has 29 heavy (non-hydrogen) atoms. The van der Waals surface area contributed by atoms with Crippen LogP contribution < -0.4 is 10.1 Å². The van der Waals surface area contributed by atoms with E-state index in [1.165, 1.54) is 31.5 Å². The van der Waals surface area contributed by atoms with E-state index in [0.29, 0.717) is 5.92 Å². The van der Waals surface area contributed by atoms with Crippen molar-refractivity contribution in [2.75, 3.05) is 32.5 Å². The third-order valence-corrected chi connectivity index (χ3v) is 5.65. The van der Waals surface area contributed by atoms with Gasteiger partial charge in [-0.1, -0.05) is 24.3 Å². The molecule has 0 amide bonds. The summed E-state index contributed by atoms with van der Waals surface area (Å²) in [5.74, 6) is 3.00. The molecular weight excluding hydrogens is 360 g/mol. The fraction of sp³-hybridized carbons (Fsp3) is 0.333. The van der Waals surface area contributed by atoms with E-state index >= 15 is 0 Å². The van der Waals surface area contributed by atoms with Crippen LogP contribution in [0.1, 0.15) is 30.0 Å². The van der Waals surface area contributed by atoms with Crippen LogP contribution in [0.2, 0.25) is 0 Å². The topological polar surface area (TPSA) is 50.3 Å². The fourth-order valence-electron chi connectivity index (χ4n) is 3.82. The zero-order valence-electron chi connectivity index (χ0n) is 17.4. The van der Waals surface area contributed by atoms with Gasteiger partial charge in [0.2, 0.25) is 0 Å². The lowest BCUT2D eigenvalue weighted by atomic mass is 9.89. The highest BCUT2D eigenvalue weighted by Crippen LogP contribution is 2.31. The molecule has 1 aliphatic heterocycles. The molecule has 1 fully saturated rings. The maximum atomic E-state index is 6.06. The molecule has 5 nitrogen and oxygen atoms in total. The van der Waals surface area contributed by atoms with Crippen molar-refractivity contribution in [2.45, 2.75) is 25.7 Å². The minimum atomic E-state index is 0.666. The van der Waals surface area contributed by atoms with Crippen LogP contribution in [-0.4, -0.2) is 42.1 Å².